The highest BCUT2D eigenvalue weighted by Gasteiger charge is 2.00. The second kappa shape index (κ2) is 4.87. The second-order valence-corrected chi connectivity index (χ2v) is 2.81. The summed E-state index contributed by atoms with van der Waals surface area (Å²) in [6.45, 7) is 5.64. The Bertz CT molecular complexity index is 253. The van der Waals surface area contributed by atoms with E-state index in [1.165, 1.54) is 0 Å². The Labute approximate surface area is 82.7 Å². The number of hydrogen-bond acceptors (Lipinski definition) is 4. The molecule has 0 aromatic carbocycles. The van der Waals surface area contributed by atoms with Crippen molar-refractivity contribution in [3.63, 3.8) is 0 Å². The van der Waals surface area contributed by atoms with Crippen LogP contribution in [0, 0.1) is 0 Å². The van der Waals surface area contributed by atoms with Crippen LogP contribution in [0.25, 0.3) is 0 Å². The summed E-state index contributed by atoms with van der Waals surface area (Å²) in [6, 6.07) is 1.83. The number of halogens is 1. The van der Waals surface area contributed by atoms with Gasteiger partial charge in [-0.1, -0.05) is 0 Å². The molecule has 1 aromatic rings. The summed E-state index contributed by atoms with van der Waals surface area (Å²) >= 11 is 5.72. The van der Waals surface area contributed by atoms with E-state index >= 15 is 0 Å². The summed E-state index contributed by atoms with van der Waals surface area (Å²) in [6.07, 6.45) is 0. The van der Waals surface area contributed by atoms with Gasteiger partial charge in [-0.25, -0.2) is 9.97 Å². The standard InChI is InChI=1S/C8H13ClN4/c1-3-10-6-5-7(11-4-2)13-8(9)12-6/h5H,3-4H2,1-2H3,(H2,10,11,12,13). The average molecular weight is 201 g/mol. The van der Waals surface area contributed by atoms with Crippen LogP contribution in [-0.4, -0.2) is 23.1 Å². The molecule has 1 rings (SSSR count). The fourth-order valence-electron chi connectivity index (χ4n) is 0.961. The minimum Gasteiger partial charge on any atom is -0.370 e. The number of aromatic nitrogens is 2. The highest BCUT2D eigenvalue weighted by molar-refractivity contribution is 6.28. The van der Waals surface area contributed by atoms with Crippen molar-refractivity contribution in [1.29, 1.82) is 0 Å². The van der Waals surface area contributed by atoms with E-state index < -0.39 is 0 Å². The summed E-state index contributed by atoms with van der Waals surface area (Å²) in [5, 5.41) is 6.40. The second-order valence-electron chi connectivity index (χ2n) is 2.47. The average Bonchev–Trinajstić information content (AvgIpc) is 2.04. The van der Waals surface area contributed by atoms with Crippen LogP contribution < -0.4 is 10.6 Å². The number of rotatable bonds is 4. The van der Waals surface area contributed by atoms with Crippen LogP contribution in [0.1, 0.15) is 13.8 Å². The smallest absolute Gasteiger partial charge is 0.226 e. The Balaban J connectivity index is 2.83. The van der Waals surface area contributed by atoms with Crippen molar-refractivity contribution in [3.8, 4) is 0 Å². The van der Waals surface area contributed by atoms with E-state index in [9.17, 15) is 0 Å². The molecule has 0 radical (unpaired) electrons. The molecule has 72 valence electrons. The Morgan fingerprint density at radius 1 is 1.15 bits per heavy atom. The monoisotopic (exact) mass is 200 g/mol. The lowest BCUT2D eigenvalue weighted by molar-refractivity contribution is 1.09. The van der Waals surface area contributed by atoms with Gasteiger partial charge in [0.25, 0.3) is 0 Å². The normalized spacial score (nSPS) is 9.77. The third-order valence-corrected chi connectivity index (χ3v) is 1.58. The van der Waals surface area contributed by atoms with Crippen LogP contribution >= 0.6 is 11.6 Å². The highest BCUT2D eigenvalue weighted by atomic mass is 35.5. The van der Waals surface area contributed by atoms with Gasteiger partial charge in [0, 0.05) is 19.2 Å². The highest BCUT2D eigenvalue weighted by Crippen LogP contribution is 2.13. The van der Waals surface area contributed by atoms with Crippen LogP contribution in [-0.2, 0) is 0 Å². The molecular formula is C8H13ClN4. The van der Waals surface area contributed by atoms with Crippen LogP contribution in [0.3, 0.4) is 0 Å². The van der Waals surface area contributed by atoms with Gasteiger partial charge in [-0.2, -0.15) is 0 Å². The molecule has 0 fully saturated rings. The Hall–Kier alpha value is -1.03. The van der Waals surface area contributed by atoms with E-state index in [1.54, 1.807) is 0 Å². The van der Waals surface area contributed by atoms with Crippen LogP contribution in [0.2, 0.25) is 5.28 Å². The number of anilines is 2. The minimum atomic E-state index is 0.259. The van der Waals surface area contributed by atoms with Gasteiger partial charge in [-0.15, -0.1) is 0 Å². The van der Waals surface area contributed by atoms with E-state index in [2.05, 4.69) is 20.6 Å². The zero-order valence-electron chi connectivity index (χ0n) is 7.76. The van der Waals surface area contributed by atoms with E-state index in [0.29, 0.717) is 0 Å². The van der Waals surface area contributed by atoms with Gasteiger partial charge >= 0.3 is 0 Å². The number of nitrogens with zero attached hydrogens (tertiary/aromatic N) is 2. The molecule has 0 aliphatic rings. The van der Waals surface area contributed by atoms with Crippen molar-refractivity contribution in [2.75, 3.05) is 23.7 Å². The molecule has 0 amide bonds. The molecule has 0 unspecified atom stereocenters. The zero-order valence-corrected chi connectivity index (χ0v) is 8.52. The summed E-state index contributed by atoms with van der Waals surface area (Å²) in [5.41, 5.74) is 0. The number of nitrogens with one attached hydrogen (secondary N) is 2. The molecule has 1 heterocycles. The maximum Gasteiger partial charge on any atom is 0.226 e. The SMILES string of the molecule is CCNc1cc(NCC)nc(Cl)n1. The molecule has 0 saturated heterocycles. The first-order chi connectivity index (χ1) is 6.26. The largest absolute Gasteiger partial charge is 0.370 e. The predicted molar refractivity (Wildman–Crippen MR) is 55.4 cm³/mol. The van der Waals surface area contributed by atoms with Crippen molar-refractivity contribution in [3.05, 3.63) is 11.3 Å². The minimum absolute atomic E-state index is 0.259. The van der Waals surface area contributed by atoms with Crippen LogP contribution in [0.5, 0.6) is 0 Å². The molecular weight excluding hydrogens is 188 g/mol. The Kier molecular flexibility index (Phi) is 3.76. The topological polar surface area (TPSA) is 49.8 Å². The molecule has 0 aliphatic carbocycles. The molecule has 0 aliphatic heterocycles. The molecule has 0 saturated carbocycles. The predicted octanol–water partition coefficient (Wildman–Crippen LogP) is 1.99. The Morgan fingerprint density at radius 2 is 1.62 bits per heavy atom. The molecule has 0 spiro atoms. The molecule has 2 N–H and O–H groups in total. The maximum absolute atomic E-state index is 5.72. The molecule has 5 heteroatoms. The lowest BCUT2D eigenvalue weighted by atomic mass is 10.5. The first-order valence-electron chi connectivity index (χ1n) is 4.28. The van der Waals surface area contributed by atoms with E-state index in [0.717, 1.165) is 24.7 Å². The summed E-state index contributed by atoms with van der Waals surface area (Å²) in [5.74, 6) is 1.50. The van der Waals surface area contributed by atoms with Gasteiger partial charge in [0.2, 0.25) is 5.28 Å². The molecule has 13 heavy (non-hydrogen) atoms. The molecule has 0 bridgehead atoms. The van der Waals surface area contributed by atoms with Gasteiger partial charge in [0.15, 0.2) is 0 Å². The van der Waals surface area contributed by atoms with Crippen LogP contribution in [0.15, 0.2) is 6.07 Å². The van der Waals surface area contributed by atoms with Crippen LogP contribution in [0.4, 0.5) is 11.6 Å². The van der Waals surface area contributed by atoms with Gasteiger partial charge in [-0.3, -0.25) is 0 Å². The first kappa shape index (κ1) is 10.1. The summed E-state index contributed by atoms with van der Waals surface area (Å²) < 4.78 is 0. The number of hydrogen-bond donors (Lipinski definition) is 2. The van der Waals surface area contributed by atoms with Gasteiger partial charge in [-0.05, 0) is 25.4 Å². The van der Waals surface area contributed by atoms with Crippen molar-refractivity contribution in [2.24, 2.45) is 0 Å². The summed E-state index contributed by atoms with van der Waals surface area (Å²) in [4.78, 5) is 8.02. The van der Waals surface area contributed by atoms with Crippen molar-refractivity contribution in [1.82, 2.24) is 9.97 Å². The van der Waals surface area contributed by atoms with Gasteiger partial charge in [0.05, 0.1) is 0 Å². The maximum atomic E-state index is 5.72. The molecule has 1 aromatic heterocycles. The quantitative estimate of drug-likeness (QED) is 0.730. The third kappa shape index (κ3) is 3.06. The zero-order chi connectivity index (χ0) is 9.68. The summed E-state index contributed by atoms with van der Waals surface area (Å²) in [7, 11) is 0. The Morgan fingerprint density at radius 3 is 2.00 bits per heavy atom. The van der Waals surface area contributed by atoms with E-state index in [-0.39, 0.29) is 5.28 Å². The third-order valence-electron chi connectivity index (χ3n) is 1.41. The van der Waals surface area contributed by atoms with Crippen molar-refractivity contribution in [2.45, 2.75) is 13.8 Å². The van der Waals surface area contributed by atoms with Crippen molar-refractivity contribution < 1.29 is 0 Å². The fourth-order valence-corrected chi connectivity index (χ4v) is 1.14. The van der Waals surface area contributed by atoms with Gasteiger partial charge in [0.1, 0.15) is 11.6 Å². The van der Waals surface area contributed by atoms with Crippen molar-refractivity contribution >= 4 is 23.2 Å². The first-order valence-corrected chi connectivity index (χ1v) is 4.66. The lowest BCUT2D eigenvalue weighted by Crippen LogP contribution is -2.04. The molecule has 4 nitrogen and oxygen atoms in total. The lowest BCUT2D eigenvalue weighted by Gasteiger charge is -2.06. The van der Waals surface area contributed by atoms with Gasteiger partial charge < -0.3 is 10.6 Å². The molecule has 0 atom stereocenters. The van der Waals surface area contributed by atoms with E-state index in [4.69, 9.17) is 11.6 Å². The van der Waals surface area contributed by atoms with E-state index in [1.807, 2.05) is 19.9 Å². The fraction of sp³-hybridized carbons (Fsp3) is 0.500.